The second-order valence-electron chi connectivity index (χ2n) is 5.82. The van der Waals surface area contributed by atoms with Gasteiger partial charge in [0.15, 0.2) is 0 Å². The Kier molecular flexibility index (Phi) is 3.92. The van der Waals surface area contributed by atoms with E-state index in [-0.39, 0.29) is 17.5 Å². The van der Waals surface area contributed by atoms with E-state index in [1.807, 2.05) is 0 Å². The summed E-state index contributed by atoms with van der Waals surface area (Å²) in [7, 11) is 0. The lowest BCUT2D eigenvalue weighted by Gasteiger charge is -2.30. The molecule has 1 saturated heterocycles. The van der Waals surface area contributed by atoms with Gasteiger partial charge in [0.2, 0.25) is 0 Å². The molecule has 7 nitrogen and oxygen atoms in total. The van der Waals surface area contributed by atoms with Crippen LogP contribution < -0.4 is 16.6 Å². The number of aromatic amines is 2. The van der Waals surface area contributed by atoms with Crippen molar-refractivity contribution in [1.82, 2.24) is 20.2 Å². The van der Waals surface area contributed by atoms with Crippen LogP contribution in [0, 0.1) is 0 Å². The molecule has 3 N–H and O–H groups in total. The maximum Gasteiger partial charge on any atom is 0.325 e. The summed E-state index contributed by atoms with van der Waals surface area (Å²) in [5.74, 6) is -0.289. The second-order valence-corrected chi connectivity index (χ2v) is 5.82. The molecule has 2 aliphatic rings. The molecule has 0 aromatic carbocycles. The maximum absolute atomic E-state index is 12.6. The fourth-order valence-electron chi connectivity index (χ4n) is 2.82. The van der Waals surface area contributed by atoms with E-state index in [0.29, 0.717) is 12.6 Å². The van der Waals surface area contributed by atoms with Crippen molar-refractivity contribution >= 4 is 5.91 Å². The summed E-state index contributed by atoms with van der Waals surface area (Å²) in [6, 6.07) is 0.526. The van der Waals surface area contributed by atoms with Crippen LogP contribution in [0.3, 0.4) is 0 Å². The lowest BCUT2D eigenvalue weighted by molar-refractivity contribution is 0.0715. The van der Waals surface area contributed by atoms with Crippen LogP contribution in [-0.2, 0) is 0 Å². The van der Waals surface area contributed by atoms with Crippen molar-refractivity contribution < 1.29 is 4.79 Å². The number of carbonyl (C=O) groups is 1. The smallest absolute Gasteiger partial charge is 0.325 e. The molecule has 0 bridgehead atoms. The highest BCUT2D eigenvalue weighted by molar-refractivity contribution is 5.94. The van der Waals surface area contributed by atoms with E-state index in [2.05, 4.69) is 15.3 Å². The van der Waals surface area contributed by atoms with E-state index in [9.17, 15) is 14.4 Å². The maximum atomic E-state index is 12.6. The number of hydrogen-bond acceptors (Lipinski definition) is 4. The summed E-state index contributed by atoms with van der Waals surface area (Å²) in [6.07, 6.45) is 6.59. The van der Waals surface area contributed by atoms with E-state index < -0.39 is 11.2 Å². The Balaban J connectivity index is 1.78. The molecule has 1 amide bonds. The van der Waals surface area contributed by atoms with Gasteiger partial charge in [0.1, 0.15) is 5.56 Å². The Morgan fingerprint density at radius 3 is 2.67 bits per heavy atom. The molecule has 0 radical (unpaired) electrons. The van der Waals surface area contributed by atoms with Gasteiger partial charge in [0.05, 0.1) is 0 Å². The van der Waals surface area contributed by atoms with E-state index in [0.717, 1.165) is 25.8 Å². The van der Waals surface area contributed by atoms with Gasteiger partial charge in [-0.1, -0.05) is 6.42 Å². The summed E-state index contributed by atoms with van der Waals surface area (Å²) in [5, 5.41) is 3.42. The third-order valence-corrected chi connectivity index (χ3v) is 4.13. The number of hydrogen-bond donors (Lipinski definition) is 3. The fraction of sp³-hybridized carbons (Fsp3) is 0.643. The first-order chi connectivity index (χ1) is 10.1. The van der Waals surface area contributed by atoms with E-state index in [1.165, 1.54) is 19.0 Å². The number of amides is 1. The summed E-state index contributed by atoms with van der Waals surface area (Å²) in [6.45, 7) is 1.61. The molecule has 2 heterocycles. The first-order valence-corrected chi connectivity index (χ1v) is 7.51. The minimum absolute atomic E-state index is 0.0114. The first kappa shape index (κ1) is 14.1. The summed E-state index contributed by atoms with van der Waals surface area (Å²) >= 11 is 0. The molecule has 1 aliphatic carbocycles. The number of aromatic nitrogens is 2. The number of H-pyrrole nitrogens is 2. The van der Waals surface area contributed by atoms with E-state index in [1.54, 1.807) is 4.90 Å². The highest BCUT2D eigenvalue weighted by atomic mass is 16.2. The van der Waals surface area contributed by atoms with Crippen molar-refractivity contribution in [2.45, 2.75) is 44.2 Å². The molecule has 1 aromatic heterocycles. The van der Waals surface area contributed by atoms with Gasteiger partial charge < -0.3 is 15.2 Å². The Hall–Kier alpha value is -1.89. The van der Waals surface area contributed by atoms with Crippen molar-refractivity contribution in [1.29, 1.82) is 0 Å². The largest absolute Gasteiger partial charge is 0.334 e. The zero-order valence-corrected chi connectivity index (χ0v) is 11.9. The molecule has 2 fully saturated rings. The van der Waals surface area contributed by atoms with Crippen LogP contribution in [0.5, 0.6) is 0 Å². The zero-order chi connectivity index (χ0) is 14.8. The molecule has 1 aromatic rings. The second kappa shape index (κ2) is 5.85. The van der Waals surface area contributed by atoms with Crippen molar-refractivity contribution in [2.24, 2.45) is 0 Å². The Labute approximate surface area is 121 Å². The van der Waals surface area contributed by atoms with Crippen LogP contribution in [-0.4, -0.2) is 45.9 Å². The van der Waals surface area contributed by atoms with Gasteiger partial charge in [-0.2, -0.15) is 0 Å². The predicted octanol–water partition coefficient (Wildman–Crippen LogP) is -0.190. The van der Waals surface area contributed by atoms with Gasteiger partial charge in [-0.25, -0.2) is 4.79 Å². The molecule has 1 saturated carbocycles. The lowest BCUT2D eigenvalue weighted by Crippen LogP contribution is -2.47. The van der Waals surface area contributed by atoms with Crippen LogP contribution in [0.15, 0.2) is 15.8 Å². The summed E-state index contributed by atoms with van der Waals surface area (Å²) in [4.78, 5) is 41.7. The SMILES string of the molecule is O=C(c1c[nH]c(=O)[nH]c1=O)N(CC1CCCCN1)C1CC1. The van der Waals surface area contributed by atoms with Gasteiger partial charge in [-0.05, 0) is 32.2 Å². The van der Waals surface area contributed by atoms with Gasteiger partial charge in [0, 0.05) is 24.8 Å². The molecular weight excluding hydrogens is 272 g/mol. The molecular formula is C14H20N4O3. The monoisotopic (exact) mass is 292 g/mol. The van der Waals surface area contributed by atoms with Crippen LogP contribution in [0.4, 0.5) is 0 Å². The van der Waals surface area contributed by atoms with E-state index in [4.69, 9.17) is 0 Å². The Morgan fingerprint density at radius 1 is 1.24 bits per heavy atom. The molecule has 21 heavy (non-hydrogen) atoms. The molecule has 0 spiro atoms. The molecule has 3 rings (SSSR count). The van der Waals surface area contributed by atoms with Crippen molar-refractivity contribution in [3.05, 3.63) is 32.6 Å². The average molecular weight is 292 g/mol. The number of nitrogens with zero attached hydrogens (tertiary/aromatic N) is 1. The third kappa shape index (κ3) is 3.24. The lowest BCUT2D eigenvalue weighted by atomic mass is 10.0. The van der Waals surface area contributed by atoms with Gasteiger partial charge in [-0.15, -0.1) is 0 Å². The predicted molar refractivity (Wildman–Crippen MR) is 77.4 cm³/mol. The Morgan fingerprint density at radius 2 is 2.05 bits per heavy atom. The standard InChI is InChI=1S/C14H20N4O3/c19-12-11(7-16-14(21)17-12)13(20)18(10-4-5-10)8-9-3-1-2-6-15-9/h7,9-10,15H,1-6,8H2,(H2,16,17,19,21). The molecule has 7 heteroatoms. The van der Waals surface area contributed by atoms with Crippen LogP contribution in [0.2, 0.25) is 0 Å². The van der Waals surface area contributed by atoms with Crippen LogP contribution >= 0.6 is 0 Å². The zero-order valence-electron chi connectivity index (χ0n) is 11.9. The summed E-state index contributed by atoms with van der Waals surface area (Å²) in [5.41, 5.74) is -1.20. The summed E-state index contributed by atoms with van der Waals surface area (Å²) < 4.78 is 0. The Bertz CT molecular complexity index is 626. The normalized spacial score (nSPS) is 22.0. The van der Waals surface area contributed by atoms with Crippen molar-refractivity contribution in [3.8, 4) is 0 Å². The molecule has 114 valence electrons. The first-order valence-electron chi connectivity index (χ1n) is 7.51. The number of nitrogens with one attached hydrogen (secondary N) is 3. The van der Waals surface area contributed by atoms with Crippen molar-refractivity contribution in [3.63, 3.8) is 0 Å². The molecule has 1 unspecified atom stereocenters. The number of carbonyl (C=O) groups excluding carboxylic acids is 1. The van der Waals surface area contributed by atoms with Crippen molar-refractivity contribution in [2.75, 3.05) is 13.1 Å². The van der Waals surface area contributed by atoms with Gasteiger partial charge >= 0.3 is 5.69 Å². The minimum Gasteiger partial charge on any atom is -0.334 e. The van der Waals surface area contributed by atoms with E-state index >= 15 is 0 Å². The minimum atomic E-state index is -0.619. The molecule has 1 aliphatic heterocycles. The topological polar surface area (TPSA) is 98.1 Å². The third-order valence-electron chi connectivity index (χ3n) is 4.13. The average Bonchev–Trinajstić information content (AvgIpc) is 3.30. The highest BCUT2D eigenvalue weighted by Gasteiger charge is 2.35. The molecule has 1 atom stereocenters. The number of rotatable bonds is 4. The fourth-order valence-corrected chi connectivity index (χ4v) is 2.82. The number of piperidine rings is 1. The van der Waals surface area contributed by atoms with Crippen LogP contribution in [0.25, 0.3) is 0 Å². The van der Waals surface area contributed by atoms with Crippen LogP contribution in [0.1, 0.15) is 42.5 Å². The van der Waals surface area contributed by atoms with Gasteiger partial charge in [0.25, 0.3) is 11.5 Å². The highest BCUT2D eigenvalue weighted by Crippen LogP contribution is 2.28. The van der Waals surface area contributed by atoms with Gasteiger partial charge in [-0.3, -0.25) is 14.6 Å². The quantitative estimate of drug-likeness (QED) is 0.716.